The van der Waals surface area contributed by atoms with E-state index in [9.17, 15) is 19.3 Å². The number of para-hydroxylation sites is 1. The Bertz CT molecular complexity index is 739. The van der Waals surface area contributed by atoms with Crippen molar-refractivity contribution in [2.45, 2.75) is 0 Å². The monoisotopic (exact) mass is 464 g/mol. The number of hydrogen-bond donors (Lipinski definition) is 1. The zero-order valence-corrected chi connectivity index (χ0v) is 14.0. The van der Waals surface area contributed by atoms with Gasteiger partial charge in [-0.05, 0) is 46.9 Å². The van der Waals surface area contributed by atoms with Crippen molar-refractivity contribution >= 4 is 55.8 Å². The van der Waals surface area contributed by atoms with Gasteiger partial charge in [-0.15, -0.1) is 0 Å². The minimum atomic E-state index is -0.859. The molecule has 0 heterocycles. The summed E-state index contributed by atoms with van der Waals surface area (Å²) < 4.78 is 15.1. The summed E-state index contributed by atoms with van der Waals surface area (Å²) in [6, 6.07) is 8.41. The second kappa shape index (κ2) is 6.48. The lowest BCUT2D eigenvalue weighted by Gasteiger charge is -2.08. The maximum atomic E-state index is 13.7. The van der Waals surface area contributed by atoms with Gasteiger partial charge in [0.25, 0.3) is 11.6 Å². The molecule has 0 bridgehead atoms. The molecule has 0 saturated heterocycles. The van der Waals surface area contributed by atoms with Crippen molar-refractivity contribution in [2.24, 2.45) is 0 Å². The number of carbonyl (C=O) groups excluding carboxylic acids is 1. The molecule has 8 heteroatoms. The Morgan fingerprint density at radius 2 is 2.05 bits per heavy atom. The number of nitro benzene ring substituents is 1. The molecular formula is C13H7BrFIN2O3. The van der Waals surface area contributed by atoms with Gasteiger partial charge in [-0.2, -0.15) is 0 Å². The third-order valence-electron chi connectivity index (χ3n) is 2.60. The van der Waals surface area contributed by atoms with Crippen LogP contribution in [0.5, 0.6) is 0 Å². The van der Waals surface area contributed by atoms with E-state index in [-0.39, 0.29) is 0 Å². The first-order valence-corrected chi connectivity index (χ1v) is 7.46. The van der Waals surface area contributed by atoms with Crippen molar-refractivity contribution in [3.8, 4) is 0 Å². The highest BCUT2D eigenvalue weighted by Crippen LogP contribution is 2.28. The highest BCUT2D eigenvalue weighted by molar-refractivity contribution is 14.1. The fourth-order valence-electron chi connectivity index (χ4n) is 1.64. The number of nitrogens with zero attached hydrogens (tertiary/aromatic N) is 1. The van der Waals surface area contributed by atoms with E-state index in [0.717, 1.165) is 12.1 Å². The Hall–Kier alpha value is -1.55. The van der Waals surface area contributed by atoms with E-state index in [1.165, 1.54) is 6.07 Å². The van der Waals surface area contributed by atoms with Crippen LogP contribution >= 0.6 is 38.5 Å². The Balaban J connectivity index is 2.41. The lowest BCUT2D eigenvalue weighted by atomic mass is 10.2. The number of benzene rings is 2. The van der Waals surface area contributed by atoms with Crippen LogP contribution in [0, 0.1) is 19.5 Å². The van der Waals surface area contributed by atoms with Crippen LogP contribution in [0.4, 0.5) is 15.8 Å². The van der Waals surface area contributed by atoms with E-state index in [2.05, 4.69) is 21.2 Å². The zero-order valence-electron chi connectivity index (χ0n) is 10.3. The number of carbonyl (C=O) groups is 1. The predicted molar refractivity (Wildman–Crippen MR) is 87.9 cm³/mol. The minimum Gasteiger partial charge on any atom is -0.314 e. The van der Waals surface area contributed by atoms with Gasteiger partial charge in [-0.3, -0.25) is 14.9 Å². The minimum absolute atomic E-state index is 0.294. The van der Waals surface area contributed by atoms with Gasteiger partial charge in [-0.25, -0.2) is 4.39 Å². The van der Waals surface area contributed by atoms with Crippen molar-refractivity contribution in [1.29, 1.82) is 0 Å². The number of rotatable bonds is 3. The summed E-state index contributed by atoms with van der Waals surface area (Å²) in [7, 11) is 0. The molecule has 0 aliphatic heterocycles. The summed E-state index contributed by atoms with van der Waals surface area (Å²) >= 11 is 5.19. The number of hydrogen-bond acceptors (Lipinski definition) is 3. The molecular weight excluding hydrogens is 458 g/mol. The first kappa shape index (κ1) is 15.8. The van der Waals surface area contributed by atoms with E-state index in [0.29, 0.717) is 13.6 Å². The molecule has 0 spiro atoms. The molecule has 2 aromatic rings. The topological polar surface area (TPSA) is 72.2 Å². The van der Waals surface area contributed by atoms with Crippen LogP contribution in [-0.2, 0) is 0 Å². The number of nitro groups is 1. The molecule has 0 unspecified atom stereocenters. The maximum absolute atomic E-state index is 13.7. The van der Waals surface area contributed by atoms with E-state index >= 15 is 0 Å². The third kappa shape index (κ3) is 3.56. The molecule has 21 heavy (non-hydrogen) atoms. The number of anilines is 1. The molecule has 0 saturated carbocycles. The average molecular weight is 465 g/mol. The van der Waals surface area contributed by atoms with Crippen LogP contribution in [0.15, 0.2) is 40.9 Å². The standard InChI is InChI=1S/C13H7BrFIN2O3/c14-7-4-5-10(16)8(6-7)13(19)17-12-9(15)2-1-3-11(12)18(20)21/h1-6H,(H,17,19). The van der Waals surface area contributed by atoms with Gasteiger partial charge in [0.15, 0.2) is 11.5 Å². The zero-order chi connectivity index (χ0) is 15.6. The van der Waals surface area contributed by atoms with E-state index in [1.54, 1.807) is 18.2 Å². The summed E-state index contributed by atoms with van der Waals surface area (Å²) in [4.78, 5) is 22.3. The molecule has 1 N–H and O–H groups in total. The lowest BCUT2D eigenvalue weighted by Crippen LogP contribution is -2.15. The Kier molecular flexibility index (Phi) is 4.88. The molecule has 1 amide bonds. The van der Waals surface area contributed by atoms with Gasteiger partial charge in [0, 0.05) is 14.1 Å². The summed E-state index contributed by atoms with van der Waals surface area (Å²) in [6.45, 7) is 0. The van der Waals surface area contributed by atoms with Gasteiger partial charge in [0.05, 0.1) is 10.5 Å². The van der Waals surface area contributed by atoms with E-state index in [4.69, 9.17) is 0 Å². The molecule has 0 radical (unpaired) electrons. The van der Waals surface area contributed by atoms with Gasteiger partial charge < -0.3 is 5.32 Å². The molecule has 2 rings (SSSR count). The van der Waals surface area contributed by atoms with E-state index in [1.807, 2.05) is 22.6 Å². The summed E-state index contributed by atoms with van der Waals surface area (Å²) in [6.07, 6.45) is 0. The van der Waals surface area contributed by atoms with Crippen LogP contribution in [0.2, 0.25) is 0 Å². The Morgan fingerprint density at radius 1 is 1.33 bits per heavy atom. The Morgan fingerprint density at radius 3 is 2.71 bits per heavy atom. The van der Waals surface area contributed by atoms with Crippen molar-refractivity contribution in [1.82, 2.24) is 0 Å². The summed E-state index contributed by atoms with van der Waals surface area (Å²) in [5, 5.41) is 13.2. The average Bonchev–Trinajstić information content (AvgIpc) is 2.43. The second-order valence-corrected chi connectivity index (χ2v) is 6.05. The SMILES string of the molecule is O=C(Nc1c(F)cccc1[N+](=O)[O-])c1cc(Br)ccc1I. The Labute approximate surface area is 141 Å². The lowest BCUT2D eigenvalue weighted by molar-refractivity contribution is -0.384. The molecule has 2 aromatic carbocycles. The quantitative estimate of drug-likeness (QED) is 0.417. The van der Waals surface area contributed by atoms with Gasteiger partial charge in [0.2, 0.25) is 0 Å². The molecule has 0 atom stereocenters. The third-order valence-corrected chi connectivity index (χ3v) is 4.03. The fourth-order valence-corrected chi connectivity index (χ4v) is 2.58. The smallest absolute Gasteiger partial charge is 0.295 e. The van der Waals surface area contributed by atoms with Gasteiger partial charge >= 0.3 is 0 Å². The van der Waals surface area contributed by atoms with Crippen LogP contribution in [-0.4, -0.2) is 10.8 Å². The van der Waals surface area contributed by atoms with Crippen molar-refractivity contribution in [2.75, 3.05) is 5.32 Å². The van der Waals surface area contributed by atoms with Crippen LogP contribution in [0.25, 0.3) is 0 Å². The molecule has 108 valence electrons. The normalized spacial score (nSPS) is 10.2. The number of halogens is 3. The fraction of sp³-hybridized carbons (Fsp3) is 0. The first-order valence-electron chi connectivity index (χ1n) is 5.59. The highest BCUT2D eigenvalue weighted by atomic mass is 127. The first-order chi connectivity index (χ1) is 9.90. The van der Waals surface area contributed by atoms with Crippen molar-refractivity contribution < 1.29 is 14.1 Å². The maximum Gasteiger partial charge on any atom is 0.295 e. The number of amides is 1. The molecule has 0 fully saturated rings. The largest absolute Gasteiger partial charge is 0.314 e. The molecule has 0 aliphatic rings. The highest BCUT2D eigenvalue weighted by Gasteiger charge is 2.21. The van der Waals surface area contributed by atoms with Crippen molar-refractivity contribution in [3.63, 3.8) is 0 Å². The van der Waals surface area contributed by atoms with Crippen LogP contribution in [0.1, 0.15) is 10.4 Å². The van der Waals surface area contributed by atoms with Gasteiger partial charge in [0.1, 0.15) is 0 Å². The summed E-state index contributed by atoms with van der Waals surface area (Å²) in [5.74, 6) is -1.48. The van der Waals surface area contributed by atoms with E-state index < -0.39 is 28.0 Å². The number of nitrogens with one attached hydrogen (secondary N) is 1. The van der Waals surface area contributed by atoms with Crippen LogP contribution in [0.3, 0.4) is 0 Å². The summed E-state index contributed by atoms with van der Waals surface area (Å²) in [5.41, 5.74) is -0.640. The van der Waals surface area contributed by atoms with Crippen LogP contribution < -0.4 is 5.32 Å². The second-order valence-electron chi connectivity index (χ2n) is 3.97. The molecule has 0 aliphatic carbocycles. The van der Waals surface area contributed by atoms with Gasteiger partial charge in [-0.1, -0.05) is 22.0 Å². The molecule has 5 nitrogen and oxygen atoms in total. The molecule has 0 aromatic heterocycles. The van der Waals surface area contributed by atoms with Crippen molar-refractivity contribution in [3.05, 3.63) is 65.9 Å². The predicted octanol–water partition coefficient (Wildman–Crippen LogP) is 4.35.